The van der Waals surface area contributed by atoms with Gasteiger partial charge in [0.2, 0.25) is 0 Å². The predicted molar refractivity (Wildman–Crippen MR) is 147 cm³/mol. The van der Waals surface area contributed by atoms with Gasteiger partial charge in [0, 0.05) is 43.0 Å². The van der Waals surface area contributed by atoms with Crippen LogP contribution in [0, 0.1) is 5.92 Å². The Morgan fingerprint density at radius 3 is 2.49 bits per heavy atom. The van der Waals surface area contributed by atoms with Gasteiger partial charge in [-0.15, -0.1) is 0 Å². The number of ketones is 1. The number of carbonyl (C=O) groups is 2. The van der Waals surface area contributed by atoms with Crippen molar-refractivity contribution >= 4 is 23.3 Å². The number of benzene rings is 3. The molecule has 2 saturated heterocycles. The van der Waals surface area contributed by atoms with Gasteiger partial charge in [0.15, 0.2) is 5.78 Å². The predicted octanol–water partition coefficient (Wildman–Crippen LogP) is 6.21. The van der Waals surface area contributed by atoms with Crippen molar-refractivity contribution in [2.75, 3.05) is 32.7 Å². The summed E-state index contributed by atoms with van der Waals surface area (Å²) in [6.07, 6.45) is 3.82. The molecule has 3 aromatic carbocycles. The highest BCUT2D eigenvalue weighted by Crippen LogP contribution is 2.46. The SMILES string of the molecule is O=C1CC2(CCCN(C[C@H]3CN(C(=O)c4ccccc4Cl)CC3c3ccccc3)CC2)c2ccccc21. The molecule has 3 atom stereocenters. The Balaban J connectivity index is 1.20. The van der Waals surface area contributed by atoms with Crippen LogP contribution >= 0.6 is 11.6 Å². The van der Waals surface area contributed by atoms with Crippen LogP contribution in [0.5, 0.6) is 0 Å². The van der Waals surface area contributed by atoms with Crippen molar-refractivity contribution in [3.63, 3.8) is 0 Å². The molecule has 0 N–H and O–H groups in total. The van der Waals surface area contributed by atoms with Crippen LogP contribution in [0.3, 0.4) is 0 Å². The highest BCUT2D eigenvalue weighted by molar-refractivity contribution is 6.33. The molecule has 1 amide bonds. The van der Waals surface area contributed by atoms with Crippen molar-refractivity contribution in [3.05, 3.63) is 106 Å². The first-order valence-electron chi connectivity index (χ1n) is 13.5. The van der Waals surface area contributed by atoms with Crippen LogP contribution < -0.4 is 0 Å². The van der Waals surface area contributed by atoms with Crippen molar-refractivity contribution in [2.45, 2.75) is 37.0 Å². The van der Waals surface area contributed by atoms with Gasteiger partial charge >= 0.3 is 0 Å². The third-order valence-electron chi connectivity index (χ3n) is 8.89. The quantitative estimate of drug-likeness (QED) is 0.417. The fourth-order valence-corrected chi connectivity index (χ4v) is 7.22. The highest BCUT2D eigenvalue weighted by atomic mass is 35.5. The second-order valence-electron chi connectivity index (χ2n) is 11.0. The average Bonchev–Trinajstić information content (AvgIpc) is 3.39. The summed E-state index contributed by atoms with van der Waals surface area (Å²) in [5.41, 5.74) is 4.07. The van der Waals surface area contributed by atoms with E-state index in [0.29, 0.717) is 41.2 Å². The third-order valence-corrected chi connectivity index (χ3v) is 9.22. The number of nitrogens with zero attached hydrogens (tertiary/aromatic N) is 2. The molecule has 2 fully saturated rings. The first-order valence-corrected chi connectivity index (χ1v) is 13.9. The number of fused-ring (bicyclic) bond motifs is 2. The zero-order valence-electron chi connectivity index (χ0n) is 21.1. The summed E-state index contributed by atoms with van der Waals surface area (Å²) in [4.78, 5) is 30.8. The van der Waals surface area contributed by atoms with Gasteiger partial charge in [0.1, 0.15) is 0 Å². The molecule has 1 aliphatic carbocycles. The minimum atomic E-state index is -0.0109. The molecule has 6 rings (SSSR count). The van der Waals surface area contributed by atoms with E-state index in [-0.39, 0.29) is 11.3 Å². The Kier molecular flexibility index (Phi) is 6.64. The minimum Gasteiger partial charge on any atom is -0.338 e. The maximum atomic E-state index is 13.5. The Labute approximate surface area is 224 Å². The largest absolute Gasteiger partial charge is 0.338 e. The first kappa shape index (κ1) is 24.4. The Morgan fingerprint density at radius 1 is 0.892 bits per heavy atom. The Hall–Kier alpha value is -2.95. The summed E-state index contributed by atoms with van der Waals surface area (Å²) in [5.74, 6) is 0.960. The summed E-state index contributed by atoms with van der Waals surface area (Å²) < 4.78 is 0. The second kappa shape index (κ2) is 10.1. The molecule has 37 heavy (non-hydrogen) atoms. The summed E-state index contributed by atoms with van der Waals surface area (Å²) >= 11 is 6.39. The van der Waals surface area contributed by atoms with Gasteiger partial charge in [-0.2, -0.15) is 0 Å². The number of amides is 1. The lowest BCUT2D eigenvalue weighted by atomic mass is 9.76. The van der Waals surface area contributed by atoms with E-state index < -0.39 is 0 Å². The number of Topliss-reactive ketones (excluding diaryl/α,β-unsaturated/α-hetero) is 1. The van der Waals surface area contributed by atoms with Crippen molar-refractivity contribution in [1.29, 1.82) is 0 Å². The van der Waals surface area contributed by atoms with Gasteiger partial charge in [-0.05, 0) is 61.5 Å². The van der Waals surface area contributed by atoms with Gasteiger partial charge in [0.25, 0.3) is 5.91 Å². The standard InChI is InChI=1S/C32H33ClN2O2/c33-29-14-7-5-12-26(29)31(37)35-21-24(27(22-35)23-9-2-1-3-10-23)20-34-17-8-15-32(16-18-34)19-30(36)25-11-4-6-13-28(25)32/h1-7,9-14,24,27H,8,15-22H2/t24-,27?,32?/m0/s1. The summed E-state index contributed by atoms with van der Waals surface area (Å²) in [6, 6.07) is 26.2. The van der Waals surface area contributed by atoms with Crippen LogP contribution in [0.4, 0.5) is 0 Å². The van der Waals surface area contributed by atoms with E-state index in [1.165, 1.54) is 11.1 Å². The van der Waals surface area contributed by atoms with Crippen molar-refractivity contribution in [3.8, 4) is 0 Å². The van der Waals surface area contributed by atoms with E-state index in [0.717, 1.165) is 51.0 Å². The number of hydrogen-bond donors (Lipinski definition) is 0. The van der Waals surface area contributed by atoms with Crippen LogP contribution in [0.2, 0.25) is 5.02 Å². The zero-order valence-corrected chi connectivity index (χ0v) is 21.9. The summed E-state index contributed by atoms with van der Waals surface area (Å²) in [7, 11) is 0. The van der Waals surface area contributed by atoms with E-state index >= 15 is 0 Å². The van der Waals surface area contributed by atoms with Crippen molar-refractivity contribution in [2.24, 2.45) is 5.92 Å². The van der Waals surface area contributed by atoms with E-state index in [1.807, 2.05) is 35.2 Å². The molecule has 3 aliphatic rings. The van der Waals surface area contributed by atoms with E-state index in [1.54, 1.807) is 6.07 Å². The van der Waals surface area contributed by atoms with Gasteiger partial charge in [0.05, 0.1) is 10.6 Å². The number of carbonyl (C=O) groups excluding carboxylic acids is 2. The van der Waals surface area contributed by atoms with Gasteiger partial charge < -0.3 is 9.80 Å². The normalized spacial score (nSPS) is 25.9. The van der Waals surface area contributed by atoms with Crippen molar-refractivity contribution < 1.29 is 9.59 Å². The van der Waals surface area contributed by atoms with E-state index in [9.17, 15) is 9.59 Å². The van der Waals surface area contributed by atoms with Gasteiger partial charge in [-0.1, -0.05) is 78.3 Å². The van der Waals surface area contributed by atoms with Crippen LogP contribution in [-0.2, 0) is 5.41 Å². The molecule has 2 aliphatic heterocycles. The molecule has 0 bridgehead atoms. The van der Waals surface area contributed by atoms with Gasteiger partial charge in [-0.25, -0.2) is 0 Å². The van der Waals surface area contributed by atoms with Crippen molar-refractivity contribution in [1.82, 2.24) is 9.80 Å². The maximum Gasteiger partial charge on any atom is 0.255 e. The fourth-order valence-electron chi connectivity index (χ4n) is 7.00. The number of likely N-dealkylation sites (tertiary alicyclic amines) is 2. The molecule has 0 saturated carbocycles. The second-order valence-corrected chi connectivity index (χ2v) is 11.5. The van der Waals surface area contributed by atoms with E-state index in [2.05, 4.69) is 47.4 Å². The molecule has 2 heterocycles. The molecule has 4 nitrogen and oxygen atoms in total. The topological polar surface area (TPSA) is 40.6 Å². The molecule has 3 aromatic rings. The zero-order chi connectivity index (χ0) is 25.4. The van der Waals surface area contributed by atoms with Crippen LogP contribution in [0.15, 0.2) is 78.9 Å². The summed E-state index contributed by atoms with van der Waals surface area (Å²) in [5, 5.41) is 0.511. The summed E-state index contributed by atoms with van der Waals surface area (Å²) in [6.45, 7) is 4.41. The number of rotatable bonds is 4. The lowest BCUT2D eigenvalue weighted by molar-refractivity contribution is 0.0783. The molecule has 190 valence electrons. The lowest BCUT2D eigenvalue weighted by Gasteiger charge is -2.30. The first-order chi connectivity index (χ1) is 18.0. The van der Waals surface area contributed by atoms with E-state index in [4.69, 9.17) is 11.6 Å². The molecule has 0 radical (unpaired) electrons. The van der Waals surface area contributed by atoms with Crippen LogP contribution in [0.25, 0.3) is 0 Å². The minimum absolute atomic E-state index is 0.0109. The maximum absolute atomic E-state index is 13.5. The van der Waals surface area contributed by atoms with Crippen LogP contribution in [0.1, 0.15) is 63.4 Å². The van der Waals surface area contributed by atoms with Crippen LogP contribution in [-0.4, -0.2) is 54.2 Å². The molecule has 1 spiro atoms. The number of halogens is 1. The number of hydrogen-bond acceptors (Lipinski definition) is 3. The molecular formula is C32H33ClN2O2. The molecule has 2 unspecified atom stereocenters. The average molecular weight is 513 g/mol. The monoisotopic (exact) mass is 512 g/mol. The molecule has 5 heteroatoms. The lowest BCUT2D eigenvalue weighted by Crippen LogP contribution is -2.35. The molecular weight excluding hydrogens is 480 g/mol. The highest BCUT2D eigenvalue weighted by Gasteiger charge is 2.44. The smallest absolute Gasteiger partial charge is 0.255 e. The fraction of sp³-hybridized carbons (Fsp3) is 0.375. The molecule has 0 aromatic heterocycles. The van der Waals surface area contributed by atoms with Gasteiger partial charge in [-0.3, -0.25) is 9.59 Å². The third kappa shape index (κ3) is 4.62. The Morgan fingerprint density at radius 2 is 1.65 bits per heavy atom. The Bertz CT molecular complexity index is 1310.